The quantitative estimate of drug-likeness (QED) is 0.278. The molecule has 24 heavy (non-hydrogen) atoms. The van der Waals surface area contributed by atoms with Gasteiger partial charge in [0.15, 0.2) is 5.03 Å². The zero-order valence-corrected chi connectivity index (χ0v) is 13.9. The standard InChI is InChI=1S/C14H21N5O5/c1-14(2,3)24-13(20)16-8-9-7-10(5-6-11(9)23-4)17-12(15)18-19(21)22/h5-7H,8H2,1-4H3,(H,16,20)(H3,15,17,18). The normalized spacial score (nSPS) is 10.5. The van der Waals surface area contributed by atoms with Crippen molar-refractivity contribution in [2.45, 2.75) is 32.9 Å². The number of carbonyl (C=O) groups is 1. The molecule has 0 bridgehead atoms. The van der Waals surface area contributed by atoms with E-state index < -0.39 is 22.7 Å². The molecule has 0 aliphatic carbocycles. The molecular formula is C14H21N5O5. The predicted octanol–water partition coefficient (Wildman–Crippen LogP) is 1.85. The number of benzene rings is 1. The Hall–Kier alpha value is -3.04. The predicted molar refractivity (Wildman–Crippen MR) is 87.5 cm³/mol. The summed E-state index contributed by atoms with van der Waals surface area (Å²) in [4.78, 5) is 22.0. The van der Waals surface area contributed by atoms with E-state index in [0.29, 0.717) is 17.0 Å². The van der Waals surface area contributed by atoms with Gasteiger partial charge in [-0.2, -0.15) is 0 Å². The van der Waals surface area contributed by atoms with Crippen LogP contribution in [0.15, 0.2) is 18.2 Å². The number of nitrogens with zero attached hydrogens (tertiary/aromatic N) is 1. The van der Waals surface area contributed by atoms with Crippen LogP contribution in [-0.2, 0) is 11.3 Å². The average molecular weight is 339 g/mol. The molecule has 0 fully saturated rings. The second-order valence-corrected chi connectivity index (χ2v) is 5.75. The number of guanidine groups is 1. The van der Waals surface area contributed by atoms with Crippen LogP contribution in [0.4, 0.5) is 10.5 Å². The van der Waals surface area contributed by atoms with Gasteiger partial charge in [-0.3, -0.25) is 5.41 Å². The van der Waals surface area contributed by atoms with Crippen LogP contribution in [0.5, 0.6) is 5.75 Å². The van der Waals surface area contributed by atoms with E-state index in [4.69, 9.17) is 14.9 Å². The molecule has 0 radical (unpaired) electrons. The lowest BCUT2D eigenvalue weighted by molar-refractivity contribution is -0.525. The summed E-state index contributed by atoms with van der Waals surface area (Å²) < 4.78 is 10.4. The fraction of sp³-hybridized carbons (Fsp3) is 0.429. The highest BCUT2D eigenvalue weighted by atomic mass is 16.7. The highest BCUT2D eigenvalue weighted by Gasteiger charge is 2.16. The smallest absolute Gasteiger partial charge is 0.407 e. The monoisotopic (exact) mass is 339 g/mol. The molecule has 132 valence electrons. The number of nitro groups is 1. The molecule has 4 N–H and O–H groups in total. The number of hydrogen-bond donors (Lipinski definition) is 4. The number of nitrogens with one attached hydrogen (secondary N) is 4. The number of hydrogen-bond acceptors (Lipinski definition) is 6. The molecule has 1 aromatic rings. The molecule has 1 aromatic carbocycles. The van der Waals surface area contributed by atoms with Gasteiger partial charge in [-0.25, -0.2) is 14.9 Å². The Morgan fingerprint density at radius 1 is 1.38 bits per heavy atom. The zero-order chi connectivity index (χ0) is 18.3. The van der Waals surface area contributed by atoms with Gasteiger partial charge >= 0.3 is 6.09 Å². The van der Waals surface area contributed by atoms with Crippen LogP contribution in [0.1, 0.15) is 26.3 Å². The van der Waals surface area contributed by atoms with Gasteiger partial charge < -0.3 is 20.1 Å². The summed E-state index contributed by atoms with van der Waals surface area (Å²) in [6.07, 6.45) is -0.578. The van der Waals surface area contributed by atoms with Gasteiger partial charge in [0.1, 0.15) is 11.4 Å². The lowest BCUT2D eigenvalue weighted by Gasteiger charge is -2.20. The highest BCUT2D eigenvalue weighted by molar-refractivity contribution is 5.90. The molecule has 0 atom stereocenters. The fourth-order valence-corrected chi connectivity index (χ4v) is 1.74. The van der Waals surface area contributed by atoms with Gasteiger partial charge in [-0.15, -0.1) is 0 Å². The molecule has 0 spiro atoms. The van der Waals surface area contributed by atoms with Crippen molar-refractivity contribution in [2.75, 3.05) is 12.4 Å². The van der Waals surface area contributed by atoms with E-state index in [1.165, 1.54) is 7.11 Å². The first-order valence-electron chi connectivity index (χ1n) is 7.01. The molecule has 1 amide bonds. The molecule has 1 rings (SSSR count). The van der Waals surface area contributed by atoms with Crippen molar-refractivity contribution >= 4 is 17.7 Å². The second kappa shape index (κ2) is 7.99. The topological polar surface area (TPSA) is 139 Å². The Morgan fingerprint density at radius 2 is 2.04 bits per heavy atom. The van der Waals surface area contributed by atoms with Crippen LogP contribution in [0.2, 0.25) is 0 Å². The number of ether oxygens (including phenoxy) is 2. The molecule has 0 saturated carbocycles. The molecule has 0 heterocycles. The summed E-state index contributed by atoms with van der Waals surface area (Å²) >= 11 is 0. The zero-order valence-electron chi connectivity index (χ0n) is 13.9. The molecule has 10 heteroatoms. The number of alkyl carbamates (subject to hydrolysis) is 1. The van der Waals surface area contributed by atoms with Crippen LogP contribution < -0.4 is 20.8 Å². The Balaban J connectivity index is 2.77. The summed E-state index contributed by atoms with van der Waals surface area (Å²) in [7, 11) is 1.48. The first-order valence-corrected chi connectivity index (χ1v) is 7.01. The van der Waals surface area contributed by atoms with Crippen molar-refractivity contribution in [1.82, 2.24) is 10.7 Å². The van der Waals surface area contributed by atoms with E-state index in [1.807, 2.05) is 0 Å². The molecule has 0 unspecified atom stereocenters. The van der Waals surface area contributed by atoms with Crippen molar-refractivity contribution in [3.63, 3.8) is 0 Å². The maximum atomic E-state index is 11.7. The third-order valence-corrected chi connectivity index (χ3v) is 2.57. The minimum atomic E-state index is -0.843. The molecule has 0 saturated heterocycles. The van der Waals surface area contributed by atoms with E-state index in [0.717, 1.165) is 0 Å². The maximum Gasteiger partial charge on any atom is 0.407 e. The highest BCUT2D eigenvalue weighted by Crippen LogP contribution is 2.22. The molecular weight excluding hydrogens is 318 g/mol. The van der Waals surface area contributed by atoms with Crippen molar-refractivity contribution in [3.05, 3.63) is 33.9 Å². The van der Waals surface area contributed by atoms with Crippen molar-refractivity contribution in [2.24, 2.45) is 0 Å². The number of hydrazine groups is 1. The number of carbonyl (C=O) groups excluding carboxylic acids is 1. The van der Waals surface area contributed by atoms with Crippen molar-refractivity contribution in [1.29, 1.82) is 5.41 Å². The second-order valence-electron chi connectivity index (χ2n) is 5.75. The minimum Gasteiger partial charge on any atom is -0.496 e. The van der Waals surface area contributed by atoms with E-state index >= 15 is 0 Å². The number of methoxy groups -OCH3 is 1. The van der Waals surface area contributed by atoms with E-state index in [1.54, 1.807) is 44.4 Å². The van der Waals surface area contributed by atoms with Crippen LogP contribution in [-0.4, -0.2) is 29.8 Å². The summed E-state index contributed by atoms with van der Waals surface area (Å²) in [5.74, 6) is 0.0293. The van der Waals surface area contributed by atoms with Gasteiger partial charge in [-0.1, -0.05) is 5.43 Å². The SMILES string of the molecule is COc1ccc(NC(=N)N[N+](=O)[O-])cc1CNC(=O)OC(C)(C)C. The summed E-state index contributed by atoms with van der Waals surface area (Å²) in [6.45, 7) is 5.40. The largest absolute Gasteiger partial charge is 0.496 e. The molecule has 0 aromatic heterocycles. The van der Waals surface area contributed by atoms with Crippen molar-refractivity contribution < 1.29 is 19.3 Å². The van der Waals surface area contributed by atoms with Crippen molar-refractivity contribution in [3.8, 4) is 5.75 Å². The van der Waals surface area contributed by atoms with Crippen LogP contribution in [0, 0.1) is 15.5 Å². The molecule has 0 aliphatic heterocycles. The van der Waals surface area contributed by atoms with Gasteiger partial charge in [0.25, 0.3) is 5.96 Å². The van der Waals surface area contributed by atoms with Gasteiger partial charge in [0.05, 0.1) is 7.11 Å². The Kier molecular flexibility index (Phi) is 6.33. The van der Waals surface area contributed by atoms with Gasteiger partial charge in [-0.05, 0) is 39.0 Å². The summed E-state index contributed by atoms with van der Waals surface area (Å²) in [5, 5.41) is 22.0. The van der Waals surface area contributed by atoms with Crippen LogP contribution in [0.25, 0.3) is 0 Å². The number of anilines is 1. The minimum absolute atomic E-state index is 0.129. The summed E-state index contributed by atoms with van der Waals surface area (Å²) in [5.41, 5.74) is 2.12. The van der Waals surface area contributed by atoms with Crippen LogP contribution >= 0.6 is 0 Å². The van der Waals surface area contributed by atoms with Gasteiger partial charge in [0.2, 0.25) is 0 Å². The fourth-order valence-electron chi connectivity index (χ4n) is 1.74. The molecule has 10 nitrogen and oxygen atoms in total. The Bertz CT molecular complexity index is 626. The molecule has 0 aliphatic rings. The Labute approximate surface area is 139 Å². The number of amides is 1. The lowest BCUT2D eigenvalue weighted by atomic mass is 10.1. The first kappa shape index (κ1) is 19.0. The third-order valence-electron chi connectivity index (χ3n) is 2.57. The maximum absolute atomic E-state index is 11.7. The third kappa shape index (κ3) is 6.81. The van der Waals surface area contributed by atoms with Crippen LogP contribution in [0.3, 0.4) is 0 Å². The van der Waals surface area contributed by atoms with E-state index in [-0.39, 0.29) is 6.54 Å². The Morgan fingerprint density at radius 3 is 2.58 bits per heavy atom. The average Bonchev–Trinajstić information content (AvgIpc) is 2.42. The first-order chi connectivity index (χ1) is 11.1. The number of rotatable bonds is 5. The van der Waals surface area contributed by atoms with Gasteiger partial charge in [0, 0.05) is 17.8 Å². The van der Waals surface area contributed by atoms with E-state index in [2.05, 4.69) is 10.6 Å². The van der Waals surface area contributed by atoms with E-state index in [9.17, 15) is 14.9 Å². The summed E-state index contributed by atoms with van der Waals surface area (Å²) in [6, 6.07) is 4.81. The lowest BCUT2D eigenvalue weighted by Crippen LogP contribution is -2.34.